The first-order valence-corrected chi connectivity index (χ1v) is 9.59. The molecule has 0 amide bonds. The predicted molar refractivity (Wildman–Crippen MR) is 98.4 cm³/mol. The minimum absolute atomic E-state index is 0.0918. The van der Waals surface area contributed by atoms with Gasteiger partial charge in [0.05, 0.1) is 37.0 Å². The van der Waals surface area contributed by atoms with Gasteiger partial charge in [0, 0.05) is 5.92 Å². The molecule has 0 spiro atoms. The first-order chi connectivity index (χ1) is 12.7. The summed E-state index contributed by atoms with van der Waals surface area (Å²) in [6.07, 6.45) is -5.82. The van der Waals surface area contributed by atoms with Gasteiger partial charge in [-0.3, -0.25) is 4.99 Å². The van der Waals surface area contributed by atoms with E-state index in [0.29, 0.717) is 12.8 Å². The smallest absolute Gasteiger partial charge is 0.175 e. The maximum Gasteiger partial charge on any atom is 0.175 e. The number of ether oxygens (including phenoxy) is 3. The average Bonchev–Trinajstić information content (AvgIpc) is 2.95. The monoisotopic (exact) mass is 390 g/mol. The zero-order valence-corrected chi connectivity index (χ0v) is 16.2. The Morgan fingerprint density at radius 1 is 1.15 bits per heavy atom. The van der Waals surface area contributed by atoms with Gasteiger partial charge in [-0.2, -0.15) is 0 Å². The third-order valence-electron chi connectivity index (χ3n) is 5.73. The van der Waals surface area contributed by atoms with Gasteiger partial charge in [-0.25, -0.2) is 0 Å². The molecule has 2 aliphatic heterocycles. The molecule has 0 radical (unpaired) electrons. The van der Waals surface area contributed by atoms with Gasteiger partial charge in [0.2, 0.25) is 0 Å². The number of nitrogens with zero attached hydrogens (tertiary/aromatic N) is 1. The molecule has 0 aromatic rings. The number of hydrogen-bond donors (Lipinski definition) is 5. The number of aliphatic hydroxyl groups is 4. The minimum atomic E-state index is -1.28. The number of rotatable bonds is 8. The highest BCUT2D eigenvalue weighted by molar-refractivity contribution is 5.24. The summed E-state index contributed by atoms with van der Waals surface area (Å²) < 4.78 is 17.2. The van der Waals surface area contributed by atoms with E-state index in [9.17, 15) is 20.4 Å². The van der Waals surface area contributed by atoms with E-state index in [1.807, 2.05) is 13.8 Å². The summed E-state index contributed by atoms with van der Waals surface area (Å²) in [7, 11) is 0. The highest BCUT2D eigenvalue weighted by Gasteiger charge is 2.46. The van der Waals surface area contributed by atoms with E-state index in [1.54, 1.807) is 6.92 Å². The third kappa shape index (κ3) is 4.86. The quantitative estimate of drug-likeness (QED) is 0.325. The van der Waals surface area contributed by atoms with Gasteiger partial charge >= 0.3 is 0 Å². The first-order valence-electron chi connectivity index (χ1n) is 9.59. The van der Waals surface area contributed by atoms with E-state index < -0.39 is 49.0 Å². The Kier molecular flexibility index (Phi) is 8.14. The molecule has 0 bridgehead atoms. The zero-order valence-electron chi connectivity index (χ0n) is 16.2. The topological polar surface area (TPSA) is 147 Å². The van der Waals surface area contributed by atoms with Crippen molar-refractivity contribution in [1.82, 2.24) is 0 Å². The molecule has 27 heavy (non-hydrogen) atoms. The van der Waals surface area contributed by atoms with Crippen molar-refractivity contribution in [2.45, 2.75) is 94.7 Å². The molecule has 6 N–H and O–H groups in total. The van der Waals surface area contributed by atoms with Gasteiger partial charge in [0.1, 0.15) is 24.4 Å². The normalized spacial score (nSPS) is 44.8. The lowest BCUT2D eigenvalue weighted by molar-refractivity contribution is -0.278. The van der Waals surface area contributed by atoms with Crippen LogP contribution in [0.1, 0.15) is 33.6 Å². The second kappa shape index (κ2) is 9.71. The van der Waals surface area contributed by atoms with Crippen molar-refractivity contribution in [3.63, 3.8) is 0 Å². The van der Waals surface area contributed by atoms with Crippen LogP contribution in [0.15, 0.2) is 4.99 Å². The summed E-state index contributed by atoms with van der Waals surface area (Å²) in [5.41, 5.74) is 5.91. The molecule has 0 saturated carbocycles. The van der Waals surface area contributed by atoms with Crippen molar-refractivity contribution in [2.24, 2.45) is 16.6 Å². The standard InChI is InChI=1S/C18H34N2O7/c1-5-10(21)17-15(24)14(23)12(19)18(27-17)25-7-6-11-8(2)13(22)16(26-11)9(3)20-4/h8-18,21-24H,4-7,19H2,1-3H3. The van der Waals surface area contributed by atoms with Crippen LogP contribution in [0, 0.1) is 5.92 Å². The van der Waals surface area contributed by atoms with Crippen molar-refractivity contribution in [1.29, 1.82) is 0 Å². The predicted octanol–water partition coefficient (Wildman–Crippen LogP) is -1.21. The molecular formula is C18H34N2O7. The van der Waals surface area contributed by atoms with Crippen LogP contribution in [-0.4, -0.2) is 94.9 Å². The number of aliphatic imine (C=N–C) groups is 1. The lowest BCUT2D eigenvalue weighted by Crippen LogP contribution is -2.64. The fourth-order valence-corrected chi connectivity index (χ4v) is 3.67. The Balaban J connectivity index is 1.89. The summed E-state index contributed by atoms with van der Waals surface area (Å²) in [4.78, 5) is 3.92. The number of hydrogen-bond acceptors (Lipinski definition) is 9. The van der Waals surface area contributed by atoms with Crippen molar-refractivity contribution < 1.29 is 34.6 Å². The van der Waals surface area contributed by atoms with Crippen LogP contribution in [0.5, 0.6) is 0 Å². The SMILES string of the molecule is C=NC(C)C1OC(CCOC2OC(C(O)CC)C(O)C(O)C2N)C(C)C1O. The largest absolute Gasteiger partial charge is 0.390 e. The molecule has 9 nitrogen and oxygen atoms in total. The molecular weight excluding hydrogens is 356 g/mol. The van der Waals surface area contributed by atoms with Crippen LogP contribution in [0.4, 0.5) is 0 Å². The van der Waals surface area contributed by atoms with Gasteiger partial charge in [0.15, 0.2) is 6.29 Å². The van der Waals surface area contributed by atoms with Crippen molar-refractivity contribution >= 4 is 6.72 Å². The molecule has 11 unspecified atom stereocenters. The maximum atomic E-state index is 10.3. The van der Waals surface area contributed by atoms with Gasteiger partial charge in [-0.15, -0.1) is 0 Å². The molecule has 2 saturated heterocycles. The number of aliphatic hydroxyl groups excluding tert-OH is 4. The highest BCUT2D eigenvalue weighted by atomic mass is 16.7. The van der Waals surface area contributed by atoms with Crippen LogP contribution in [0.3, 0.4) is 0 Å². The van der Waals surface area contributed by atoms with E-state index in [-0.39, 0.29) is 24.7 Å². The van der Waals surface area contributed by atoms with E-state index in [2.05, 4.69) is 11.7 Å². The van der Waals surface area contributed by atoms with Crippen LogP contribution in [0.2, 0.25) is 0 Å². The summed E-state index contributed by atoms with van der Waals surface area (Å²) in [6, 6.07) is -1.15. The van der Waals surface area contributed by atoms with Crippen molar-refractivity contribution in [3.8, 4) is 0 Å². The number of nitrogens with two attached hydrogens (primary N) is 1. The van der Waals surface area contributed by atoms with Crippen LogP contribution in [-0.2, 0) is 14.2 Å². The van der Waals surface area contributed by atoms with E-state index in [1.165, 1.54) is 0 Å². The van der Waals surface area contributed by atoms with Crippen LogP contribution in [0.25, 0.3) is 0 Å². The van der Waals surface area contributed by atoms with Crippen LogP contribution >= 0.6 is 0 Å². The Bertz CT molecular complexity index is 483. The molecule has 0 aliphatic carbocycles. The van der Waals surface area contributed by atoms with Gasteiger partial charge in [-0.1, -0.05) is 13.8 Å². The van der Waals surface area contributed by atoms with E-state index in [0.717, 1.165) is 0 Å². The Hall–Kier alpha value is -0.650. The van der Waals surface area contributed by atoms with Gasteiger partial charge in [-0.05, 0) is 26.5 Å². The first kappa shape index (κ1) is 22.6. The van der Waals surface area contributed by atoms with E-state index >= 15 is 0 Å². The fraction of sp³-hybridized carbons (Fsp3) is 0.944. The third-order valence-corrected chi connectivity index (χ3v) is 5.73. The zero-order chi connectivity index (χ0) is 20.3. The lowest BCUT2D eigenvalue weighted by Gasteiger charge is -2.42. The van der Waals surface area contributed by atoms with Crippen LogP contribution < -0.4 is 5.73 Å². The molecule has 0 aromatic carbocycles. The molecule has 0 aromatic heterocycles. The lowest BCUT2D eigenvalue weighted by atomic mass is 9.93. The Morgan fingerprint density at radius 3 is 2.41 bits per heavy atom. The maximum absolute atomic E-state index is 10.3. The summed E-state index contributed by atoms with van der Waals surface area (Å²) in [6.45, 7) is 9.22. The molecule has 2 aliphatic rings. The molecule has 2 rings (SSSR count). The Labute approximate surface area is 160 Å². The Morgan fingerprint density at radius 2 is 1.81 bits per heavy atom. The second-order valence-electron chi connectivity index (χ2n) is 7.57. The molecule has 11 atom stereocenters. The molecule has 9 heteroatoms. The summed E-state index contributed by atoms with van der Waals surface area (Å²) in [5, 5.41) is 40.5. The van der Waals surface area contributed by atoms with Gasteiger partial charge < -0.3 is 40.4 Å². The van der Waals surface area contributed by atoms with Gasteiger partial charge in [0.25, 0.3) is 0 Å². The average molecular weight is 390 g/mol. The van der Waals surface area contributed by atoms with E-state index in [4.69, 9.17) is 19.9 Å². The summed E-state index contributed by atoms with van der Waals surface area (Å²) in [5.74, 6) is -0.0918. The summed E-state index contributed by atoms with van der Waals surface area (Å²) >= 11 is 0. The second-order valence-corrected chi connectivity index (χ2v) is 7.57. The minimum Gasteiger partial charge on any atom is -0.390 e. The van der Waals surface area contributed by atoms with Crippen molar-refractivity contribution in [3.05, 3.63) is 0 Å². The highest BCUT2D eigenvalue weighted by Crippen LogP contribution is 2.32. The molecule has 2 fully saturated rings. The molecule has 158 valence electrons. The fourth-order valence-electron chi connectivity index (χ4n) is 3.67. The molecule has 2 heterocycles. The van der Waals surface area contributed by atoms with Crippen molar-refractivity contribution in [2.75, 3.05) is 6.61 Å².